The molecule has 0 spiro atoms. The standard InChI is InChI=1S/C20H27N5O3/c1-13(2)18-22-19(28-23-18)15-4-5-21-17(10-15)25-11-14(3)16(12-25)20(26)24-6-8-27-9-7-24/h4-5,10,13-14,16H,6-9,11-12H2,1-3H3/t14-,16-/m1/s1. The number of aromatic nitrogens is 3. The molecule has 0 unspecified atom stereocenters. The Labute approximate surface area is 164 Å². The van der Waals surface area contributed by atoms with Gasteiger partial charge in [-0.3, -0.25) is 4.79 Å². The first-order valence-corrected chi connectivity index (χ1v) is 9.94. The minimum atomic E-state index is -0.0143. The van der Waals surface area contributed by atoms with E-state index in [2.05, 4.69) is 26.9 Å². The van der Waals surface area contributed by atoms with E-state index in [-0.39, 0.29) is 23.7 Å². The molecule has 8 nitrogen and oxygen atoms in total. The number of amides is 1. The molecule has 0 aliphatic carbocycles. The fourth-order valence-corrected chi connectivity index (χ4v) is 3.80. The molecule has 1 amide bonds. The van der Waals surface area contributed by atoms with Gasteiger partial charge in [0, 0.05) is 43.9 Å². The van der Waals surface area contributed by atoms with Crippen LogP contribution in [0, 0.1) is 11.8 Å². The van der Waals surface area contributed by atoms with Crippen LogP contribution in [0.3, 0.4) is 0 Å². The second kappa shape index (κ2) is 7.87. The third-order valence-electron chi connectivity index (χ3n) is 5.53. The molecular formula is C20H27N5O3. The van der Waals surface area contributed by atoms with E-state index in [1.165, 1.54) is 0 Å². The molecule has 4 heterocycles. The van der Waals surface area contributed by atoms with Crippen LogP contribution in [0.15, 0.2) is 22.9 Å². The normalized spacial score (nSPS) is 22.9. The summed E-state index contributed by atoms with van der Waals surface area (Å²) in [6.45, 7) is 10.3. The van der Waals surface area contributed by atoms with Gasteiger partial charge in [-0.25, -0.2) is 4.98 Å². The molecule has 2 aromatic heterocycles. The third-order valence-corrected chi connectivity index (χ3v) is 5.53. The highest BCUT2D eigenvalue weighted by molar-refractivity contribution is 5.80. The molecule has 0 saturated carbocycles. The van der Waals surface area contributed by atoms with E-state index in [4.69, 9.17) is 9.26 Å². The van der Waals surface area contributed by atoms with Crippen molar-refractivity contribution in [3.8, 4) is 11.5 Å². The number of hydrogen-bond acceptors (Lipinski definition) is 7. The molecule has 2 aliphatic heterocycles. The van der Waals surface area contributed by atoms with Crippen LogP contribution in [0.25, 0.3) is 11.5 Å². The first kappa shape index (κ1) is 18.9. The van der Waals surface area contributed by atoms with E-state index in [9.17, 15) is 4.79 Å². The van der Waals surface area contributed by atoms with Crippen molar-refractivity contribution in [3.63, 3.8) is 0 Å². The molecule has 4 rings (SSSR count). The van der Waals surface area contributed by atoms with Gasteiger partial charge in [-0.2, -0.15) is 4.98 Å². The van der Waals surface area contributed by atoms with Crippen LogP contribution in [0.4, 0.5) is 5.82 Å². The highest BCUT2D eigenvalue weighted by atomic mass is 16.5. The first-order valence-electron chi connectivity index (χ1n) is 9.94. The molecule has 2 atom stereocenters. The van der Waals surface area contributed by atoms with Gasteiger partial charge < -0.3 is 19.1 Å². The number of nitrogens with zero attached hydrogens (tertiary/aromatic N) is 5. The molecule has 2 aromatic rings. The van der Waals surface area contributed by atoms with E-state index < -0.39 is 0 Å². The maximum Gasteiger partial charge on any atom is 0.258 e. The lowest BCUT2D eigenvalue weighted by Gasteiger charge is -2.30. The number of carbonyl (C=O) groups excluding carboxylic acids is 1. The molecule has 0 N–H and O–H groups in total. The van der Waals surface area contributed by atoms with E-state index in [0.29, 0.717) is 44.6 Å². The lowest BCUT2D eigenvalue weighted by atomic mass is 9.96. The molecule has 150 valence electrons. The van der Waals surface area contributed by atoms with Crippen LogP contribution in [0.5, 0.6) is 0 Å². The Bertz CT molecular complexity index is 831. The number of carbonyl (C=O) groups is 1. The minimum Gasteiger partial charge on any atom is -0.378 e. The molecular weight excluding hydrogens is 358 g/mol. The summed E-state index contributed by atoms with van der Waals surface area (Å²) in [5.41, 5.74) is 0.847. The highest BCUT2D eigenvalue weighted by Crippen LogP contribution is 2.30. The predicted octanol–water partition coefficient (Wildman–Crippen LogP) is 2.19. The van der Waals surface area contributed by atoms with Gasteiger partial charge in [0.05, 0.1) is 19.1 Å². The quantitative estimate of drug-likeness (QED) is 0.797. The number of morpholine rings is 1. The van der Waals surface area contributed by atoms with E-state index in [0.717, 1.165) is 17.9 Å². The van der Waals surface area contributed by atoms with Gasteiger partial charge in [-0.05, 0) is 18.1 Å². The maximum atomic E-state index is 12.9. The number of pyridine rings is 1. The van der Waals surface area contributed by atoms with Crippen molar-refractivity contribution >= 4 is 11.7 Å². The fourth-order valence-electron chi connectivity index (χ4n) is 3.80. The van der Waals surface area contributed by atoms with Gasteiger partial charge in [0.15, 0.2) is 5.82 Å². The van der Waals surface area contributed by atoms with Crippen molar-refractivity contribution < 1.29 is 14.1 Å². The van der Waals surface area contributed by atoms with E-state index >= 15 is 0 Å². The Morgan fingerprint density at radius 2 is 2.04 bits per heavy atom. The summed E-state index contributed by atoms with van der Waals surface area (Å²) >= 11 is 0. The average Bonchev–Trinajstić information content (AvgIpc) is 3.36. The number of hydrogen-bond donors (Lipinski definition) is 0. The van der Waals surface area contributed by atoms with Crippen molar-refractivity contribution in [2.45, 2.75) is 26.7 Å². The predicted molar refractivity (Wildman–Crippen MR) is 104 cm³/mol. The van der Waals surface area contributed by atoms with Gasteiger partial charge in [0.1, 0.15) is 5.82 Å². The fraction of sp³-hybridized carbons (Fsp3) is 0.600. The van der Waals surface area contributed by atoms with E-state index in [1.807, 2.05) is 30.9 Å². The first-order chi connectivity index (χ1) is 13.5. The molecule has 0 bridgehead atoms. The lowest BCUT2D eigenvalue weighted by molar-refractivity contribution is -0.140. The Morgan fingerprint density at radius 1 is 1.25 bits per heavy atom. The summed E-state index contributed by atoms with van der Waals surface area (Å²) in [6, 6.07) is 3.84. The number of rotatable bonds is 4. The smallest absolute Gasteiger partial charge is 0.258 e. The Kier molecular flexibility index (Phi) is 5.30. The summed E-state index contributed by atoms with van der Waals surface area (Å²) in [6.07, 6.45) is 1.76. The Morgan fingerprint density at radius 3 is 2.75 bits per heavy atom. The molecule has 2 fully saturated rings. The van der Waals surface area contributed by atoms with Crippen LogP contribution in [-0.2, 0) is 9.53 Å². The average molecular weight is 385 g/mol. The molecule has 2 saturated heterocycles. The Hall–Kier alpha value is -2.48. The van der Waals surface area contributed by atoms with Crippen molar-refractivity contribution in [3.05, 3.63) is 24.2 Å². The summed E-state index contributed by atoms with van der Waals surface area (Å²) < 4.78 is 10.8. The molecule has 0 radical (unpaired) electrons. The molecule has 8 heteroatoms. The monoisotopic (exact) mass is 385 g/mol. The van der Waals surface area contributed by atoms with Gasteiger partial charge in [-0.15, -0.1) is 0 Å². The zero-order chi connectivity index (χ0) is 19.7. The number of ether oxygens (including phenoxy) is 1. The van der Waals surface area contributed by atoms with Gasteiger partial charge in [-0.1, -0.05) is 25.9 Å². The topological polar surface area (TPSA) is 84.6 Å². The van der Waals surface area contributed by atoms with Crippen LogP contribution < -0.4 is 4.90 Å². The van der Waals surface area contributed by atoms with E-state index in [1.54, 1.807) is 6.20 Å². The minimum absolute atomic E-state index is 0.0143. The molecule has 2 aliphatic rings. The van der Waals surface area contributed by atoms with Gasteiger partial charge in [0.25, 0.3) is 5.89 Å². The zero-order valence-electron chi connectivity index (χ0n) is 16.7. The molecule has 0 aromatic carbocycles. The van der Waals surface area contributed by atoms with Gasteiger partial charge in [0.2, 0.25) is 5.91 Å². The van der Waals surface area contributed by atoms with Crippen molar-refractivity contribution in [1.29, 1.82) is 0 Å². The number of anilines is 1. The highest BCUT2D eigenvalue weighted by Gasteiger charge is 2.38. The van der Waals surface area contributed by atoms with Crippen molar-refractivity contribution in [2.24, 2.45) is 11.8 Å². The van der Waals surface area contributed by atoms with Crippen LogP contribution in [0.1, 0.15) is 32.5 Å². The zero-order valence-corrected chi connectivity index (χ0v) is 16.7. The third kappa shape index (κ3) is 3.73. The second-order valence-electron chi connectivity index (χ2n) is 7.94. The van der Waals surface area contributed by atoms with Crippen molar-refractivity contribution in [1.82, 2.24) is 20.0 Å². The lowest BCUT2D eigenvalue weighted by Crippen LogP contribution is -2.45. The molecule has 28 heavy (non-hydrogen) atoms. The maximum absolute atomic E-state index is 12.9. The van der Waals surface area contributed by atoms with Crippen LogP contribution in [0.2, 0.25) is 0 Å². The van der Waals surface area contributed by atoms with Crippen LogP contribution >= 0.6 is 0 Å². The van der Waals surface area contributed by atoms with Crippen LogP contribution in [-0.4, -0.2) is 65.3 Å². The SMILES string of the molecule is CC(C)c1noc(-c2ccnc(N3C[C@@H](C)[C@H](C(=O)N4CCOCC4)C3)c2)n1. The summed E-state index contributed by atoms with van der Waals surface area (Å²) in [5, 5.41) is 4.04. The summed E-state index contributed by atoms with van der Waals surface area (Å²) in [7, 11) is 0. The van der Waals surface area contributed by atoms with Crippen molar-refractivity contribution in [2.75, 3.05) is 44.3 Å². The Balaban J connectivity index is 1.49. The largest absolute Gasteiger partial charge is 0.378 e. The summed E-state index contributed by atoms with van der Waals surface area (Å²) in [5.74, 6) is 2.74. The second-order valence-corrected chi connectivity index (χ2v) is 7.94. The summed E-state index contributed by atoms with van der Waals surface area (Å²) in [4.78, 5) is 26.0. The van der Waals surface area contributed by atoms with Gasteiger partial charge >= 0.3 is 0 Å².